The quantitative estimate of drug-likeness (QED) is 0.795. The third kappa shape index (κ3) is 3.30. The molecule has 21 heavy (non-hydrogen) atoms. The fourth-order valence-electron chi connectivity index (χ4n) is 1.92. The second-order valence-electron chi connectivity index (χ2n) is 4.35. The van der Waals surface area contributed by atoms with Crippen LogP contribution in [-0.2, 0) is 12.3 Å². The molecule has 9 heteroatoms. The number of benzene rings is 1. The lowest BCUT2D eigenvalue weighted by Gasteiger charge is -2.19. The summed E-state index contributed by atoms with van der Waals surface area (Å²) in [6.07, 6.45) is 0. The van der Waals surface area contributed by atoms with Crippen molar-refractivity contribution in [3.05, 3.63) is 22.2 Å². The van der Waals surface area contributed by atoms with E-state index < -0.39 is 0 Å². The Morgan fingerprint density at radius 1 is 1.29 bits per heavy atom. The van der Waals surface area contributed by atoms with Gasteiger partial charge in [-0.15, -0.1) is 5.10 Å². The number of ether oxygens (including phenoxy) is 2. The first-order valence-corrected chi connectivity index (χ1v) is 8.23. The van der Waals surface area contributed by atoms with Gasteiger partial charge in [-0.25, -0.2) is 4.68 Å². The number of nitrogens with zero attached hydrogens (tertiary/aromatic N) is 4. The Hall–Kier alpha value is -1.32. The molecule has 7 nitrogen and oxygen atoms in total. The summed E-state index contributed by atoms with van der Waals surface area (Å²) >= 11 is 5.12. The van der Waals surface area contributed by atoms with Gasteiger partial charge in [0.05, 0.1) is 6.54 Å². The first-order chi connectivity index (χ1) is 10.3. The van der Waals surface area contributed by atoms with Crippen LogP contribution in [0.2, 0.25) is 0 Å². The highest BCUT2D eigenvalue weighted by molar-refractivity contribution is 9.10. The second-order valence-corrected chi connectivity index (χ2v) is 6.15. The summed E-state index contributed by atoms with van der Waals surface area (Å²) in [5.74, 6) is 2.28. The lowest BCUT2D eigenvalue weighted by atomic mass is 10.2. The van der Waals surface area contributed by atoms with Crippen molar-refractivity contribution in [2.45, 2.75) is 17.5 Å². The van der Waals surface area contributed by atoms with Crippen LogP contribution in [-0.4, -0.2) is 40.0 Å². The molecule has 0 fully saturated rings. The van der Waals surface area contributed by atoms with E-state index in [4.69, 9.17) is 15.2 Å². The maximum atomic E-state index is 5.60. The summed E-state index contributed by atoms with van der Waals surface area (Å²) in [6.45, 7) is 2.28. The Balaban J connectivity index is 1.74. The maximum Gasteiger partial charge on any atom is 0.209 e. The number of hydrogen-bond acceptors (Lipinski definition) is 7. The van der Waals surface area contributed by atoms with Gasteiger partial charge in [-0.1, -0.05) is 27.7 Å². The molecule has 0 atom stereocenters. The monoisotopic (exact) mass is 371 g/mol. The maximum absolute atomic E-state index is 5.60. The van der Waals surface area contributed by atoms with Crippen LogP contribution in [0.4, 0.5) is 0 Å². The van der Waals surface area contributed by atoms with Crippen LogP contribution < -0.4 is 15.2 Å². The third-order valence-electron chi connectivity index (χ3n) is 2.91. The van der Waals surface area contributed by atoms with E-state index in [-0.39, 0.29) is 0 Å². The van der Waals surface area contributed by atoms with Crippen molar-refractivity contribution in [2.75, 3.05) is 19.8 Å². The lowest BCUT2D eigenvalue weighted by molar-refractivity contribution is 0.171. The van der Waals surface area contributed by atoms with Crippen molar-refractivity contribution < 1.29 is 9.47 Å². The zero-order valence-corrected chi connectivity index (χ0v) is 13.6. The van der Waals surface area contributed by atoms with Crippen molar-refractivity contribution >= 4 is 27.7 Å². The number of aromatic nitrogens is 4. The Bertz CT molecular complexity index is 636. The number of fused-ring (bicyclic) bond motifs is 1. The molecule has 0 saturated carbocycles. The summed E-state index contributed by atoms with van der Waals surface area (Å²) in [6, 6.07) is 3.93. The Morgan fingerprint density at radius 2 is 2.05 bits per heavy atom. The summed E-state index contributed by atoms with van der Waals surface area (Å²) in [7, 11) is 0. The number of hydrogen-bond donors (Lipinski definition) is 1. The van der Waals surface area contributed by atoms with Gasteiger partial charge in [0.2, 0.25) is 5.16 Å². The van der Waals surface area contributed by atoms with Crippen LogP contribution in [0.25, 0.3) is 0 Å². The first kappa shape index (κ1) is 14.6. The molecule has 1 aromatic heterocycles. The van der Waals surface area contributed by atoms with Gasteiger partial charge in [-0.3, -0.25) is 0 Å². The minimum absolute atomic E-state index is 0.506. The average molecular weight is 372 g/mol. The zero-order chi connectivity index (χ0) is 14.7. The second kappa shape index (κ2) is 6.63. The van der Waals surface area contributed by atoms with Crippen molar-refractivity contribution in [1.29, 1.82) is 0 Å². The summed E-state index contributed by atoms with van der Waals surface area (Å²) in [4.78, 5) is 0. The standard InChI is InChI=1S/C12H14BrN5O2S/c13-9-6-11-10(19-3-4-20-11)5-8(9)7-21-12-15-16-17-18(12)2-1-14/h5-6H,1-4,7,14H2. The third-order valence-corrected chi connectivity index (χ3v) is 4.65. The predicted octanol–water partition coefficient (Wildman–Crippen LogP) is 1.46. The number of rotatable bonds is 5. The van der Waals surface area contributed by atoms with Gasteiger partial charge in [-0.2, -0.15) is 0 Å². The zero-order valence-electron chi connectivity index (χ0n) is 11.2. The smallest absolute Gasteiger partial charge is 0.209 e. The van der Waals surface area contributed by atoms with Gasteiger partial charge in [0, 0.05) is 16.8 Å². The molecule has 3 rings (SSSR count). The molecule has 2 N–H and O–H groups in total. The van der Waals surface area contributed by atoms with Gasteiger partial charge in [0.15, 0.2) is 11.5 Å². The van der Waals surface area contributed by atoms with Crippen molar-refractivity contribution in [1.82, 2.24) is 20.2 Å². The van der Waals surface area contributed by atoms with Crippen LogP contribution in [0.5, 0.6) is 11.5 Å². The van der Waals surface area contributed by atoms with E-state index in [1.165, 1.54) is 0 Å². The Kier molecular flexibility index (Phi) is 4.61. The number of thioether (sulfide) groups is 1. The van der Waals surface area contributed by atoms with E-state index in [0.717, 1.165) is 32.4 Å². The van der Waals surface area contributed by atoms with Crippen LogP contribution in [0.15, 0.2) is 21.8 Å². The molecule has 0 bridgehead atoms. The molecule has 2 heterocycles. The van der Waals surface area contributed by atoms with Gasteiger partial charge in [-0.05, 0) is 28.1 Å². The molecule has 112 valence electrons. The van der Waals surface area contributed by atoms with Crippen LogP contribution in [0, 0.1) is 0 Å². The fraction of sp³-hybridized carbons (Fsp3) is 0.417. The number of nitrogens with two attached hydrogens (primary N) is 1. The molecule has 0 spiro atoms. The van der Waals surface area contributed by atoms with Crippen molar-refractivity contribution in [3.63, 3.8) is 0 Å². The largest absolute Gasteiger partial charge is 0.486 e. The number of tetrazole rings is 1. The van der Waals surface area contributed by atoms with Crippen molar-refractivity contribution in [3.8, 4) is 11.5 Å². The van der Waals surface area contributed by atoms with E-state index in [2.05, 4.69) is 31.5 Å². The molecular formula is C12H14BrN5O2S. The van der Waals surface area contributed by atoms with E-state index in [9.17, 15) is 0 Å². The minimum atomic E-state index is 0.506. The molecule has 2 aromatic rings. The van der Waals surface area contributed by atoms with E-state index in [0.29, 0.717) is 26.3 Å². The molecule has 0 radical (unpaired) electrons. The topological polar surface area (TPSA) is 88.1 Å². The average Bonchev–Trinajstić information content (AvgIpc) is 2.93. The SMILES string of the molecule is NCCn1nnnc1SCc1cc2c(cc1Br)OCCO2. The molecule has 1 aromatic carbocycles. The van der Waals surface area contributed by atoms with E-state index in [1.54, 1.807) is 16.4 Å². The number of halogens is 1. The fourth-order valence-corrected chi connectivity index (χ4v) is 3.46. The molecular weight excluding hydrogens is 358 g/mol. The minimum Gasteiger partial charge on any atom is -0.486 e. The normalized spacial score (nSPS) is 13.4. The first-order valence-electron chi connectivity index (χ1n) is 6.45. The Labute approximate surface area is 134 Å². The van der Waals surface area contributed by atoms with Gasteiger partial charge >= 0.3 is 0 Å². The van der Waals surface area contributed by atoms with Crippen LogP contribution in [0.1, 0.15) is 5.56 Å². The summed E-state index contributed by atoms with van der Waals surface area (Å²) in [5, 5.41) is 12.3. The lowest BCUT2D eigenvalue weighted by Crippen LogP contribution is -2.15. The summed E-state index contributed by atoms with van der Waals surface area (Å²) in [5.41, 5.74) is 6.64. The highest BCUT2D eigenvalue weighted by atomic mass is 79.9. The highest BCUT2D eigenvalue weighted by Crippen LogP contribution is 2.37. The molecule has 1 aliphatic heterocycles. The Morgan fingerprint density at radius 3 is 2.81 bits per heavy atom. The molecule has 0 aliphatic carbocycles. The van der Waals surface area contributed by atoms with Crippen LogP contribution in [0.3, 0.4) is 0 Å². The van der Waals surface area contributed by atoms with Gasteiger partial charge in [0.1, 0.15) is 13.2 Å². The van der Waals surface area contributed by atoms with Gasteiger partial charge < -0.3 is 15.2 Å². The predicted molar refractivity (Wildman–Crippen MR) is 81.6 cm³/mol. The molecule has 0 amide bonds. The molecule has 0 unspecified atom stereocenters. The van der Waals surface area contributed by atoms with Crippen molar-refractivity contribution in [2.24, 2.45) is 5.73 Å². The molecule has 0 saturated heterocycles. The van der Waals surface area contributed by atoms with E-state index >= 15 is 0 Å². The van der Waals surface area contributed by atoms with Gasteiger partial charge in [0.25, 0.3) is 0 Å². The molecule has 1 aliphatic rings. The highest BCUT2D eigenvalue weighted by Gasteiger charge is 2.16. The van der Waals surface area contributed by atoms with Crippen LogP contribution >= 0.6 is 27.7 Å². The van der Waals surface area contributed by atoms with E-state index in [1.807, 2.05) is 12.1 Å². The summed E-state index contributed by atoms with van der Waals surface area (Å²) < 4.78 is 13.8.